The quantitative estimate of drug-likeness (QED) is 0.195. The van der Waals surface area contributed by atoms with Crippen LogP contribution in [0.25, 0.3) is 0 Å². The normalized spacial score (nSPS) is 12.4. The zero-order chi connectivity index (χ0) is 32.7. The van der Waals surface area contributed by atoms with Crippen LogP contribution in [0.5, 0.6) is 5.75 Å². The Kier molecular flexibility index (Phi) is 12.4. The molecule has 0 saturated carbocycles. The molecule has 0 fully saturated rings. The number of benzene rings is 3. The number of hydrogen-bond donors (Lipinski definition) is 1. The molecule has 3 aromatic carbocycles. The Hall–Kier alpha value is -2.92. The summed E-state index contributed by atoms with van der Waals surface area (Å²) in [5.74, 6) is -0.350. The first-order chi connectivity index (χ1) is 20.7. The molecular formula is C32H39Cl2N3O5S2. The van der Waals surface area contributed by atoms with E-state index in [4.69, 9.17) is 27.9 Å². The highest BCUT2D eigenvalue weighted by molar-refractivity contribution is 7.98. The van der Waals surface area contributed by atoms with Crippen molar-refractivity contribution in [3.63, 3.8) is 0 Å². The summed E-state index contributed by atoms with van der Waals surface area (Å²) in [5, 5.41) is 3.61. The molecule has 3 rings (SSSR count). The Balaban J connectivity index is 2.09. The third kappa shape index (κ3) is 9.30. The Morgan fingerprint density at radius 3 is 2.11 bits per heavy atom. The zero-order valence-electron chi connectivity index (χ0n) is 25.8. The van der Waals surface area contributed by atoms with E-state index in [1.54, 1.807) is 61.5 Å². The number of hydrogen-bond acceptors (Lipinski definition) is 6. The molecule has 0 radical (unpaired) electrons. The summed E-state index contributed by atoms with van der Waals surface area (Å²) in [5.41, 5.74) is 0.360. The van der Waals surface area contributed by atoms with Gasteiger partial charge < -0.3 is 15.0 Å². The average Bonchev–Trinajstić information content (AvgIpc) is 2.97. The maximum Gasteiger partial charge on any atom is 0.264 e. The van der Waals surface area contributed by atoms with Crippen molar-refractivity contribution < 1.29 is 22.7 Å². The van der Waals surface area contributed by atoms with Gasteiger partial charge >= 0.3 is 0 Å². The summed E-state index contributed by atoms with van der Waals surface area (Å²) < 4.78 is 34.8. The van der Waals surface area contributed by atoms with E-state index < -0.39 is 34.1 Å². The van der Waals surface area contributed by atoms with Crippen LogP contribution < -0.4 is 14.4 Å². The Morgan fingerprint density at radius 1 is 0.955 bits per heavy atom. The molecule has 238 valence electrons. The number of rotatable bonds is 13. The van der Waals surface area contributed by atoms with Crippen molar-refractivity contribution in [2.24, 2.45) is 0 Å². The Bertz CT molecular complexity index is 1540. The fourth-order valence-corrected chi connectivity index (χ4v) is 6.63. The fraction of sp³-hybridized carbons (Fsp3) is 0.375. The van der Waals surface area contributed by atoms with Gasteiger partial charge in [0.1, 0.15) is 18.3 Å². The van der Waals surface area contributed by atoms with E-state index in [0.717, 1.165) is 9.20 Å². The molecule has 8 nitrogen and oxygen atoms in total. The first kappa shape index (κ1) is 35.6. The van der Waals surface area contributed by atoms with Gasteiger partial charge in [-0.25, -0.2) is 8.42 Å². The van der Waals surface area contributed by atoms with Crippen LogP contribution in [0.2, 0.25) is 10.0 Å². The largest absolute Gasteiger partial charge is 0.494 e. The smallest absolute Gasteiger partial charge is 0.264 e. The van der Waals surface area contributed by atoms with Gasteiger partial charge in [0, 0.05) is 17.0 Å². The van der Waals surface area contributed by atoms with Gasteiger partial charge in [-0.1, -0.05) is 36.2 Å². The van der Waals surface area contributed by atoms with E-state index >= 15 is 0 Å². The molecule has 3 aromatic rings. The van der Waals surface area contributed by atoms with E-state index in [2.05, 4.69) is 5.32 Å². The topological polar surface area (TPSA) is 96.0 Å². The van der Waals surface area contributed by atoms with Gasteiger partial charge in [0.2, 0.25) is 11.8 Å². The van der Waals surface area contributed by atoms with Crippen molar-refractivity contribution in [2.75, 3.05) is 23.7 Å². The van der Waals surface area contributed by atoms with E-state index in [0.29, 0.717) is 34.4 Å². The van der Waals surface area contributed by atoms with Crippen LogP contribution in [-0.2, 0) is 26.2 Å². The summed E-state index contributed by atoms with van der Waals surface area (Å²) in [7, 11) is -4.20. The lowest BCUT2D eigenvalue weighted by Gasteiger charge is -2.35. The minimum Gasteiger partial charge on any atom is -0.494 e. The van der Waals surface area contributed by atoms with Crippen molar-refractivity contribution in [3.8, 4) is 5.75 Å². The van der Waals surface area contributed by atoms with Crippen LogP contribution in [0.4, 0.5) is 5.69 Å². The molecule has 2 amide bonds. The van der Waals surface area contributed by atoms with E-state index in [1.807, 2.05) is 34.0 Å². The average molecular weight is 681 g/mol. The van der Waals surface area contributed by atoms with Gasteiger partial charge in [-0.15, -0.1) is 11.8 Å². The molecule has 0 spiro atoms. The van der Waals surface area contributed by atoms with Gasteiger partial charge in [-0.3, -0.25) is 13.9 Å². The predicted molar refractivity (Wildman–Crippen MR) is 179 cm³/mol. The van der Waals surface area contributed by atoms with Crippen molar-refractivity contribution >= 4 is 62.5 Å². The van der Waals surface area contributed by atoms with Crippen LogP contribution in [0.1, 0.15) is 46.6 Å². The third-order valence-corrected chi connectivity index (χ3v) is 9.85. The van der Waals surface area contributed by atoms with Crippen molar-refractivity contribution in [1.82, 2.24) is 10.2 Å². The molecule has 0 heterocycles. The fourth-order valence-electron chi connectivity index (χ4n) is 4.49. The molecule has 0 aliphatic carbocycles. The van der Waals surface area contributed by atoms with Crippen LogP contribution >= 0.6 is 35.0 Å². The number of ether oxygens (including phenoxy) is 1. The summed E-state index contributed by atoms with van der Waals surface area (Å²) in [6, 6.07) is 17.1. The number of carbonyl (C=O) groups excluding carboxylic acids is 2. The summed E-state index contributed by atoms with van der Waals surface area (Å²) >= 11 is 13.9. The molecule has 1 atom stereocenters. The second-order valence-corrected chi connectivity index (χ2v) is 14.6. The number of halogens is 2. The first-order valence-corrected chi connectivity index (χ1v) is 17.6. The van der Waals surface area contributed by atoms with Gasteiger partial charge in [0.25, 0.3) is 10.0 Å². The molecule has 44 heavy (non-hydrogen) atoms. The van der Waals surface area contributed by atoms with Crippen LogP contribution in [0, 0.1) is 0 Å². The van der Waals surface area contributed by atoms with Gasteiger partial charge in [-0.05, 0) is 107 Å². The second-order valence-electron chi connectivity index (χ2n) is 11.0. The zero-order valence-corrected chi connectivity index (χ0v) is 28.9. The molecule has 0 aliphatic heterocycles. The van der Waals surface area contributed by atoms with E-state index in [-0.39, 0.29) is 23.0 Å². The molecule has 0 unspecified atom stereocenters. The molecule has 1 N–H and O–H groups in total. The van der Waals surface area contributed by atoms with Crippen LogP contribution in [0.3, 0.4) is 0 Å². The van der Waals surface area contributed by atoms with Crippen molar-refractivity contribution in [2.45, 2.75) is 69.0 Å². The summed E-state index contributed by atoms with van der Waals surface area (Å²) in [4.78, 5) is 30.1. The lowest BCUT2D eigenvalue weighted by molar-refractivity contribution is -0.141. The molecule has 0 aliphatic rings. The molecule has 0 saturated heterocycles. The first-order valence-electron chi connectivity index (χ1n) is 14.1. The van der Waals surface area contributed by atoms with Crippen molar-refractivity contribution in [3.05, 3.63) is 82.3 Å². The number of thioether (sulfide) groups is 1. The summed E-state index contributed by atoms with van der Waals surface area (Å²) in [6.07, 6.45) is 2.19. The molecule has 12 heteroatoms. The molecule has 0 aromatic heterocycles. The minimum atomic E-state index is -4.20. The minimum absolute atomic E-state index is 0.00533. The lowest BCUT2D eigenvalue weighted by atomic mass is 10.1. The molecule has 0 bridgehead atoms. The highest BCUT2D eigenvalue weighted by atomic mass is 35.5. The number of sulfonamides is 1. The SMILES string of the molecule is CCOc1ccc(N(CC(=O)N(Cc2ccc(Cl)c(Cl)c2)[C@@H](CC)C(=O)NC(C)(C)C)S(=O)(=O)c2ccc(SC)cc2)cc1. The number of nitrogens with zero attached hydrogens (tertiary/aromatic N) is 2. The standard InChI is InChI=1S/C32H39Cl2N3O5S2/c1-7-29(31(39)35-32(3,4)5)36(20-22-9-18-27(33)28(34)19-22)30(38)21-37(23-10-12-24(13-11-23)42-8-2)44(40,41)26-16-14-25(43-6)15-17-26/h9-19,29H,7-8,20-21H2,1-6H3,(H,35,39)/t29-/m0/s1. The Labute approximate surface area is 275 Å². The number of carbonyl (C=O) groups is 2. The maximum absolute atomic E-state index is 14.3. The number of nitrogens with one attached hydrogen (secondary N) is 1. The van der Waals surface area contributed by atoms with Gasteiger partial charge in [-0.2, -0.15) is 0 Å². The van der Waals surface area contributed by atoms with Crippen LogP contribution in [0.15, 0.2) is 76.5 Å². The van der Waals surface area contributed by atoms with Crippen LogP contribution in [-0.4, -0.2) is 56.1 Å². The van der Waals surface area contributed by atoms with E-state index in [9.17, 15) is 18.0 Å². The highest BCUT2D eigenvalue weighted by Crippen LogP contribution is 2.29. The van der Waals surface area contributed by atoms with Gasteiger partial charge in [0.05, 0.1) is 27.2 Å². The van der Waals surface area contributed by atoms with E-state index in [1.165, 1.54) is 28.8 Å². The molecular weight excluding hydrogens is 641 g/mol. The highest BCUT2D eigenvalue weighted by Gasteiger charge is 2.34. The summed E-state index contributed by atoms with van der Waals surface area (Å²) in [6.45, 7) is 9.11. The monoisotopic (exact) mass is 679 g/mol. The third-order valence-electron chi connectivity index (χ3n) is 6.58. The second kappa shape index (κ2) is 15.4. The number of anilines is 1. The van der Waals surface area contributed by atoms with Gasteiger partial charge in [0.15, 0.2) is 0 Å². The Morgan fingerprint density at radius 2 is 1.59 bits per heavy atom. The lowest BCUT2D eigenvalue weighted by Crippen LogP contribution is -2.55. The number of amides is 2. The van der Waals surface area contributed by atoms with Crippen molar-refractivity contribution in [1.29, 1.82) is 0 Å². The maximum atomic E-state index is 14.3. The predicted octanol–water partition coefficient (Wildman–Crippen LogP) is 7.03.